The molecule has 0 aliphatic heterocycles. The molecular formula is C18H13NO4. The summed E-state index contributed by atoms with van der Waals surface area (Å²) < 4.78 is 4.92. The molecule has 23 heavy (non-hydrogen) atoms. The first-order chi connectivity index (χ1) is 11.2. The summed E-state index contributed by atoms with van der Waals surface area (Å²) in [5, 5.41) is 9.91. The van der Waals surface area contributed by atoms with E-state index in [0.29, 0.717) is 5.69 Å². The van der Waals surface area contributed by atoms with E-state index in [-0.39, 0.29) is 16.9 Å². The van der Waals surface area contributed by atoms with Crippen LogP contribution in [0.2, 0.25) is 0 Å². The number of para-hydroxylation sites is 2. The summed E-state index contributed by atoms with van der Waals surface area (Å²) in [6.45, 7) is 0. The molecule has 3 rings (SSSR count). The average molecular weight is 307 g/mol. The number of carbonyl (C=O) groups excluding carboxylic acids is 2. The number of hydrogen-bond acceptors (Lipinski definition) is 4. The van der Waals surface area contributed by atoms with Gasteiger partial charge in [-0.15, -0.1) is 0 Å². The molecule has 5 heteroatoms. The van der Waals surface area contributed by atoms with Crippen LogP contribution < -0.4 is 4.90 Å². The van der Waals surface area contributed by atoms with E-state index >= 15 is 0 Å². The molecule has 5 nitrogen and oxygen atoms in total. The molecule has 0 fully saturated rings. The fourth-order valence-corrected chi connectivity index (χ4v) is 2.19. The Labute approximate surface area is 132 Å². The highest BCUT2D eigenvalue weighted by Gasteiger charge is 2.27. The van der Waals surface area contributed by atoms with Crippen LogP contribution in [-0.2, 0) is 0 Å². The second-order valence-electron chi connectivity index (χ2n) is 4.81. The lowest BCUT2D eigenvalue weighted by Crippen LogP contribution is -2.36. The number of rotatable bonds is 3. The Morgan fingerprint density at radius 1 is 0.870 bits per heavy atom. The van der Waals surface area contributed by atoms with Gasteiger partial charge in [-0.2, -0.15) is 0 Å². The van der Waals surface area contributed by atoms with E-state index < -0.39 is 11.8 Å². The van der Waals surface area contributed by atoms with Crippen LogP contribution in [0, 0.1) is 0 Å². The maximum atomic E-state index is 12.8. The maximum Gasteiger partial charge on any atom is 0.269 e. The van der Waals surface area contributed by atoms with Gasteiger partial charge < -0.3 is 9.52 Å². The SMILES string of the molecule is O=C(c1ccoc1)N(C(=O)c1ccccc1O)c1ccccc1. The summed E-state index contributed by atoms with van der Waals surface area (Å²) in [5.74, 6) is -1.32. The Morgan fingerprint density at radius 2 is 1.57 bits per heavy atom. The first-order valence-corrected chi connectivity index (χ1v) is 6.92. The number of anilines is 1. The lowest BCUT2D eigenvalue weighted by Gasteiger charge is -2.20. The molecule has 2 amide bonds. The summed E-state index contributed by atoms with van der Waals surface area (Å²) >= 11 is 0. The molecule has 1 heterocycles. The van der Waals surface area contributed by atoms with Gasteiger partial charge in [-0.3, -0.25) is 9.59 Å². The zero-order valence-corrected chi connectivity index (χ0v) is 12.0. The fraction of sp³-hybridized carbons (Fsp3) is 0. The standard InChI is InChI=1S/C18H13NO4/c20-16-9-5-4-8-15(16)18(22)19(14-6-2-1-3-7-14)17(21)13-10-11-23-12-13/h1-12,20H. The van der Waals surface area contributed by atoms with Gasteiger partial charge >= 0.3 is 0 Å². The van der Waals surface area contributed by atoms with Crippen molar-refractivity contribution in [3.8, 4) is 5.75 Å². The van der Waals surface area contributed by atoms with E-state index in [0.717, 1.165) is 4.90 Å². The van der Waals surface area contributed by atoms with Crippen molar-refractivity contribution in [2.24, 2.45) is 0 Å². The van der Waals surface area contributed by atoms with Crippen LogP contribution in [0.15, 0.2) is 77.6 Å². The van der Waals surface area contributed by atoms with Gasteiger partial charge in [0.25, 0.3) is 11.8 Å². The number of imide groups is 1. The third-order valence-electron chi connectivity index (χ3n) is 3.32. The van der Waals surface area contributed by atoms with Crippen molar-refractivity contribution in [2.75, 3.05) is 4.90 Å². The number of carbonyl (C=O) groups is 2. The molecule has 0 saturated carbocycles. The molecule has 2 aromatic carbocycles. The van der Waals surface area contributed by atoms with Gasteiger partial charge in [0.05, 0.1) is 23.1 Å². The van der Waals surface area contributed by atoms with Crippen molar-refractivity contribution in [3.05, 3.63) is 84.3 Å². The highest BCUT2D eigenvalue weighted by atomic mass is 16.3. The molecule has 0 atom stereocenters. The third kappa shape index (κ3) is 2.85. The maximum absolute atomic E-state index is 12.8. The minimum atomic E-state index is -0.611. The molecule has 0 aliphatic rings. The number of phenols is 1. The molecule has 1 N–H and O–H groups in total. The van der Waals surface area contributed by atoms with E-state index in [2.05, 4.69) is 0 Å². The Kier molecular flexibility index (Phi) is 3.93. The zero-order chi connectivity index (χ0) is 16.2. The third-order valence-corrected chi connectivity index (χ3v) is 3.32. The van der Waals surface area contributed by atoms with Gasteiger partial charge in [0.1, 0.15) is 12.0 Å². The van der Waals surface area contributed by atoms with Crippen molar-refractivity contribution in [1.29, 1.82) is 0 Å². The van der Waals surface area contributed by atoms with Crippen LogP contribution >= 0.6 is 0 Å². The molecule has 0 radical (unpaired) electrons. The Morgan fingerprint density at radius 3 is 2.22 bits per heavy atom. The summed E-state index contributed by atoms with van der Waals surface area (Å²) in [6.07, 6.45) is 2.64. The minimum Gasteiger partial charge on any atom is -0.507 e. The summed E-state index contributed by atoms with van der Waals surface area (Å²) in [7, 11) is 0. The number of aromatic hydroxyl groups is 1. The monoisotopic (exact) mass is 307 g/mol. The summed E-state index contributed by atoms with van der Waals surface area (Å²) in [5.41, 5.74) is 0.706. The minimum absolute atomic E-state index is 0.0493. The highest BCUT2D eigenvalue weighted by molar-refractivity contribution is 6.26. The van der Waals surface area contributed by atoms with Crippen LogP contribution in [0.4, 0.5) is 5.69 Å². The van der Waals surface area contributed by atoms with Crippen molar-refractivity contribution in [3.63, 3.8) is 0 Å². The topological polar surface area (TPSA) is 70.8 Å². The molecular weight excluding hydrogens is 294 g/mol. The first-order valence-electron chi connectivity index (χ1n) is 6.92. The van der Waals surface area contributed by atoms with Crippen LogP contribution in [0.3, 0.4) is 0 Å². The van der Waals surface area contributed by atoms with Crippen LogP contribution in [0.5, 0.6) is 5.75 Å². The predicted molar refractivity (Wildman–Crippen MR) is 84.4 cm³/mol. The van der Waals surface area contributed by atoms with Gasteiger partial charge in [-0.05, 0) is 30.3 Å². The van der Waals surface area contributed by atoms with Crippen molar-refractivity contribution < 1.29 is 19.1 Å². The molecule has 0 saturated heterocycles. The van der Waals surface area contributed by atoms with E-state index in [1.807, 2.05) is 0 Å². The van der Waals surface area contributed by atoms with Crippen LogP contribution in [0.25, 0.3) is 0 Å². The Balaban J connectivity index is 2.07. The second-order valence-corrected chi connectivity index (χ2v) is 4.81. The van der Waals surface area contributed by atoms with Gasteiger partial charge in [-0.1, -0.05) is 30.3 Å². The van der Waals surface area contributed by atoms with Crippen molar-refractivity contribution in [1.82, 2.24) is 0 Å². The van der Waals surface area contributed by atoms with Crippen molar-refractivity contribution in [2.45, 2.75) is 0 Å². The fourth-order valence-electron chi connectivity index (χ4n) is 2.19. The van der Waals surface area contributed by atoms with Gasteiger partial charge in [0.15, 0.2) is 0 Å². The lowest BCUT2D eigenvalue weighted by molar-refractivity contribution is 0.0896. The number of hydrogen-bond donors (Lipinski definition) is 1. The number of phenolic OH excluding ortho intramolecular Hbond substituents is 1. The van der Waals surface area contributed by atoms with Gasteiger partial charge in [0.2, 0.25) is 0 Å². The normalized spacial score (nSPS) is 10.3. The highest BCUT2D eigenvalue weighted by Crippen LogP contribution is 2.24. The number of benzene rings is 2. The molecule has 0 unspecified atom stereocenters. The van der Waals surface area contributed by atoms with E-state index in [9.17, 15) is 14.7 Å². The Bertz CT molecular complexity index is 825. The summed E-state index contributed by atoms with van der Waals surface area (Å²) in [6, 6.07) is 16.1. The largest absolute Gasteiger partial charge is 0.507 e. The van der Waals surface area contributed by atoms with Gasteiger partial charge in [0, 0.05) is 0 Å². The lowest BCUT2D eigenvalue weighted by atomic mass is 10.1. The molecule has 0 aliphatic carbocycles. The number of furan rings is 1. The molecule has 114 valence electrons. The van der Waals surface area contributed by atoms with Crippen LogP contribution in [-0.4, -0.2) is 16.9 Å². The predicted octanol–water partition coefficient (Wildman–Crippen LogP) is 3.47. The smallest absolute Gasteiger partial charge is 0.269 e. The van der Waals surface area contributed by atoms with Gasteiger partial charge in [-0.25, -0.2) is 4.90 Å². The van der Waals surface area contributed by atoms with Crippen LogP contribution in [0.1, 0.15) is 20.7 Å². The molecule has 1 aromatic heterocycles. The zero-order valence-electron chi connectivity index (χ0n) is 12.0. The summed E-state index contributed by atoms with van der Waals surface area (Å²) in [4.78, 5) is 26.5. The molecule has 0 spiro atoms. The first kappa shape index (κ1) is 14.6. The molecule has 0 bridgehead atoms. The quantitative estimate of drug-likeness (QED) is 0.752. The Hall–Kier alpha value is -3.34. The second kappa shape index (κ2) is 6.19. The number of amides is 2. The van der Waals surface area contributed by atoms with E-state index in [4.69, 9.17) is 4.42 Å². The molecule has 3 aromatic rings. The van der Waals surface area contributed by atoms with E-state index in [1.54, 1.807) is 42.5 Å². The average Bonchev–Trinajstić information content (AvgIpc) is 3.11. The van der Waals surface area contributed by atoms with Crippen molar-refractivity contribution >= 4 is 17.5 Å². The van der Waals surface area contributed by atoms with E-state index in [1.165, 1.54) is 30.7 Å². The number of nitrogens with zero attached hydrogens (tertiary/aromatic N) is 1.